The van der Waals surface area contributed by atoms with Crippen molar-refractivity contribution in [3.8, 4) is 11.5 Å². The Balaban J connectivity index is 2.24. The predicted octanol–water partition coefficient (Wildman–Crippen LogP) is 4.56. The topological polar surface area (TPSA) is 35.2 Å². The van der Waals surface area contributed by atoms with E-state index in [0.29, 0.717) is 6.54 Å². The summed E-state index contributed by atoms with van der Waals surface area (Å²) in [6, 6.07) is 10.0. The fraction of sp³-hybridized carbons (Fsp3) is 0.294. The molecule has 0 unspecified atom stereocenters. The van der Waals surface area contributed by atoms with Crippen LogP contribution in [0.25, 0.3) is 0 Å². The zero-order valence-electron chi connectivity index (χ0n) is 12.2. The van der Waals surface area contributed by atoms with Crippen molar-refractivity contribution in [1.82, 2.24) is 0 Å². The second-order valence-electron chi connectivity index (χ2n) is 5.10. The average molecular weight is 290 g/mol. The quantitative estimate of drug-likeness (QED) is 0.895. The Morgan fingerprint density at radius 3 is 2.10 bits per heavy atom. The lowest BCUT2D eigenvalue weighted by Gasteiger charge is -2.11. The van der Waals surface area contributed by atoms with Crippen LogP contribution in [0.3, 0.4) is 0 Å². The molecule has 3 heteroatoms. The highest BCUT2D eigenvalue weighted by Gasteiger charge is 2.06. The van der Waals surface area contributed by atoms with E-state index >= 15 is 0 Å². The SMILES string of the molecule is Cc1cc(Oc2cc(C)c(Cl)c(C)c2)ccc1CCN. The van der Waals surface area contributed by atoms with Gasteiger partial charge in [-0.3, -0.25) is 0 Å². The van der Waals surface area contributed by atoms with Crippen LogP contribution in [-0.2, 0) is 6.42 Å². The summed E-state index contributed by atoms with van der Waals surface area (Å²) in [7, 11) is 0. The van der Waals surface area contributed by atoms with Crippen LogP contribution in [0.1, 0.15) is 22.3 Å². The molecule has 0 aliphatic rings. The van der Waals surface area contributed by atoms with Gasteiger partial charge in [-0.2, -0.15) is 0 Å². The monoisotopic (exact) mass is 289 g/mol. The van der Waals surface area contributed by atoms with Crippen LogP contribution in [0.15, 0.2) is 30.3 Å². The van der Waals surface area contributed by atoms with Crippen LogP contribution in [0.4, 0.5) is 0 Å². The highest BCUT2D eigenvalue weighted by atomic mass is 35.5. The summed E-state index contributed by atoms with van der Waals surface area (Å²) in [5.74, 6) is 1.65. The van der Waals surface area contributed by atoms with Gasteiger partial charge in [-0.1, -0.05) is 17.7 Å². The van der Waals surface area contributed by atoms with Crippen LogP contribution in [0.5, 0.6) is 11.5 Å². The molecule has 0 aromatic heterocycles. The van der Waals surface area contributed by atoms with Gasteiger partial charge < -0.3 is 10.5 Å². The fourth-order valence-corrected chi connectivity index (χ4v) is 2.38. The number of aryl methyl sites for hydroxylation is 3. The molecule has 0 spiro atoms. The van der Waals surface area contributed by atoms with Crippen molar-refractivity contribution in [2.75, 3.05) is 6.54 Å². The van der Waals surface area contributed by atoms with E-state index in [2.05, 4.69) is 13.0 Å². The third-order valence-corrected chi connectivity index (χ3v) is 3.97. The zero-order valence-corrected chi connectivity index (χ0v) is 12.9. The summed E-state index contributed by atoms with van der Waals surface area (Å²) in [6.07, 6.45) is 0.894. The van der Waals surface area contributed by atoms with Crippen molar-refractivity contribution in [3.05, 3.63) is 57.6 Å². The molecule has 0 heterocycles. The van der Waals surface area contributed by atoms with E-state index in [1.165, 1.54) is 11.1 Å². The van der Waals surface area contributed by atoms with Gasteiger partial charge in [0.1, 0.15) is 11.5 Å². The molecule has 2 aromatic rings. The van der Waals surface area contributed by atoms with Gasteiger partial charge in [-0.05, 0) is 80.3 Å². The second kappa shape index (κ2) is 6.29. The maximum Gasteiger partial charge on any atom is 0.128 e. The lowest BCUT2D eigenvalue weighted by Crippen LogP contribution is -2.04. The van der Waals surface area contributed by atoms with Gasteiger partial charge in [0.05, 0.1) is 0 Å². The minimum Gasteiger partial charge on any atom is -0.457 e. The van der Waals surface area contributed by atoms with Crippen LogP contribution < -0.4 is 10.5 Å². The largest absolute Gasteiger partial charge is 0.457 e. The van der Waals surface area contributed by atoms with Crippen molar-refractivity contribution < 1.29 is 4.74 Å². The van der Waals surface area contributed by atoms with Gasteiger partial charge in [0.2, 0.25) is 0 Å². The summed E-state index contributed by atoms with van der Waals surface area (Å²) in [5.41, 5.74) is 10.1. The predicted molar refractivity (Wildman–Crippen MR) is 84.9 cm³/mol. The third kappa shape index (κ3) is 3.33. The lowest BCUT2D eigenvalue weighted by molar-refractivity contribution is 0.481. The first-order valence-electron chi connectivity index (χ1n) is 6.75. The summed E-state index contributed by atoms with van der Waals surface area (Å²) in [4.78, 5) is 0. The third-order valence-electron chi connectivity index (χ3n) is 3.37. The molecule has 0 radical (unpaired) electrons. The van der Waals surface area contributed by atoms with Gasteiger partial charge in [0.25, 0.3) is 0 Å². The summed E-state index contributed by atoms with van der Waals surface area (Å²) < 4.78 is 5.92. The average Bonchev–Trinajstić information content (AvgIpc) is 2.39. The molecule has 0 saturated heterocycles. The van der Waals surface area contributed by atoms with Crippen LogP contribution in [-0.4, -0.2) is 6.54 Å². The van der Waals surface area contributed by atoms with Gasteiger partial charge in [-0.25, -0.2) is 0 Å². The summed E-state index contributed by atoms with van der Waals surface area (Å²) in [5, 5.41) is 0.798. The minimum atomic E-state index is 0.663. The molecule has 106 valence electrons. The molecule has 0 saturated carbocycles. The molecular weight excluding hydrogens is 270 g/mol. The molecule has 0 amide bonds. The van der Waals surface area contributed by atoms with Crippen molar-refractivity contribution in [2.45, 2.75) is 27.2 Å². The standard InChI is InChI=1S/C17H20ClNO/c1-11-8-15(5-4-14(11)6-7-19)20-16-9-12(2)17(18)13(3)10-16/h4-5,8-10H,6-7,19H2,1-3H3. The van der Waals surface area contributed by atoms with E-state index in [1.54, 1.807) is 0 Å². The molecule has 0 bridgehead atoms. The number of rotatable bonds is 4. The Morgan fingerprint density at radius 2 is 1.55 bits per heavy atom. The Kier molecular flexibility index (Phi) is 4.69. The fourth-order valence-electron chi connectivity index (χ4n) is 2.27. The summed E-state index contributed by atoms with van der Waals surface area (Å²) in [6.45, 7) is 6.71. The molecule has 2 nitrogen and oxygen atoms in total. The first kappa shape index (κ1) is 14.9. The van der Waals surface area contributed by atoms with E-state index in [9.17, 15) is 0 Å². The normalized spacial score (nSPS) is 10.7. The molecule has 2 N–H and O–H groups in total. The first-order valence-corrected chi connectivity index (χ1v) is 7.13. The van der Waals surface area contributed by atoms with Crippen LogP contribution in [0.2, 0.25) is 5.02 Å². The first-order chi connectivity index (χ1) is 9.51. The molecular formula is C17H20ClNO. The second-order valence-corrected chi connectivity index (χ2v) is 5.48. The smallest absolute Gasteiger partial charge is 0.128 e. The van der Waals surface area contributed by atoms with E-state index in [0.717, 1.165) is 34.1 Å². The number of ether oxygens (including phenoxy) is 1. The van der Waals surface area contributed by atoms with Gasteiger partial charge in [0.15, 0.2) is 0 Å². The van der Waals surface area contributed by atoms with Crippen molar-refractivity contribution >= 4 is 11.6 Å². The number of hydrogen-bond donors (Lipinski definition) is 1. The zero-order chi connectivity index (χ0) is 14.7. The molecule has 2 rings (SSSR count). The molecule has 20 heavy (non-hydrogen) atoms. The molecule has 2 aromatic carbocycles. The molecule has 0 atom stereocenters. The minimum absolute atomic E-state index is 0.663. The number of benzene rings is 2. The Hall–Kier alpha value is -1.51. The van der Waals surface area contributed by atoms with E-state index in [4.69, 9.17) is 22.1 Å². The highest BCUT2D eigenvalue weighted by molar-refractivity contribution is 6.32. The summed E-state index contributed by atoms with van der Waals surface area (Å²) >= 11 is 6.17. The maximum absolute atomic E-state index is 6.17. The van der Waals surface area contributed by atoms with E-state index < -0.39 is 0 Å². The molecule has 0 aliphatic heterocycles. The van der Waals surface area contributed by atoms with Gasteiger partial charge in [-0.15, -0.1) is 0 Å². The Morgan fingerprint density at radius 1 is 0.950 bits per heavy atom. The lowest BCUT2D eigenvalue weighted by atomic mass is 10.1. The Labute approximate surface area is 125 Å². The van der Waals surface area contributed by atoms with Crippen LogP contribution >= 0.6 is 11.6 Å². The molecule has 0 fully saturated rings. The number of nitrogens with two attached hydrogens (primary N) is 1. The number of halogens is 1. The van der Waals surface area contributed by atoms with Crippen molar-refractivity contribution in [3.63, 3.8) is 0 Å². The van der Waals surface area contributed by atoms with Crippen molar-refractivity contribution in [2.24, 2.45) is 5.73 Å². The maximum atomic E-state index is 6.17. The van der Waals surface area contributed by atoms with E-state index in [1.807, 2.05) is 38.1 Å². The Bertz CT molecular complexity index is 599. The van der Waals surface area contributed by atoms with E-state index in [-0.39, 0.29) is 0 Å². The van der Waals surface area contributed by atoms with Crippen molar-refractivity contribution in [1.29, 1.82) is 0 Å². The molecule has 0 aliphatic carbocycles. The van der Waals surface area contributed by atoms with Crippen LogP contribution in [0, 0.1) is 20.8 Å². The van der Waals surface area contributed by atoms with Gasteiger partial charge in [0, 0.05) is 5.02 Å². The highest BCUT2D eigenvalue weighted by Crippen LogP contribution is 2.30. The van der Waals surface area contributed by atoms with Gasteiger partial charge >= 0.3 is 0 Å². The number of hydrogen-bond acceptors (Lipinski definition) is 2.